The van der Waals surface area contributed by atoms with Gasteiger partial charge >= 0.3 is 0 Å². The molecule has 1 fully saturated rings. The number of hydrogen-bond acceptors (Lipinski definition) is 4. The first-order chi connectivity index (χ1) is 9.82. The highest BCUT2D eigenvalue weighted by Gasteiger charge is 2.31. The largest absolute Gasteiger partial charge is 0.317 e. The lowest BCUT2D eigenvalue weighted by Crippen LogP contribution is -2.42. The normalized spacial score (nSPS) is 17.8. The predicted octanol–water partition coefficient (Wildman–Crippen LogP) is 3.22. The van der Waals surface area contributed by atoms with Gasteiger partial charge in [-0.15, -0.1) is 11.3 Å². The quantitative estimate of drug-likeness (QED) is 0.833. The van der Waals surface area contributed by atoms with Gasteiger partial charge in [-0.2, -0.15) is 4.31 Å². The topological polar surface area (TPSA) is 49.4 Å². The molecule has 0 unspecified atom stereocenters. The van der Waals surface area contributed by atoms with Crippen LogP contribution in [0.3, 0.4) is 0 Å². The molecular formula is C14H23BrN2O2S2. The summed E-state index contributed by atoms with van der Waals surface area (Å²) in [4.78, 5) is 0. The van der Waals surface area contributed by atoms with E-state index >= 15 is 0 Å². The highest BCUT2D eigenvalue weighted by atomic mass is 79.9. The third-order valence-electron chi connectivity index (χ3n) is 3.87. The highest BCUT2D eigenvalue weighted by molar-refractivity contribution is 9.11. The number of aryl methyl sites for hydroxylation is 1. The Morgan fingerprint density at radius 1 is 1.43 bits per heavy atom. The van der Waals surface area contributed by atoms with Crippen molar-refractivity contribution in [2.45, 2.75) is 43.9 Å². The third-order valence-corrected chi connectivity index (χ3v) is 8.50. The molecule has 0 aromatic carbocycles. The standard InChI is InChI=1S/C14H23BrN2O2S2/c1-10(2)17(9-12-4-6-16-7-5-12)21(18,19)13-8-11(3)14(15)20-13/h8,10,12,16H,4-7,9H2,1-3H3. The van der Waals surface area contributed by atoms with E-state index in [1.54, 1.807) is 10.4 Å². The number of nitrogens with one attached hydrogen (secondary N) is 1. The maximum Gasteiger partial charge on any atom is 0.252 e. The minimum atomic E-state index is -3.40. The SMILES string of the molecule is Cc1cc(S(=O)(=O)N(CC2CCNCC2)C(C)C)sc1Br. The zero-order valence-corrected chi connectivity index (χ0v) is 15.9. The molecule has 0 aliphatic carbocycles. The molecule has 2 heterocycles. The molecule has 4 nitrogen and oxygen atoms in total. The Morgan fingerprint density at radius 2 is 2.05 bits per heavy atom. The van der Waals surface area contributed by atoms with Crippen LogP contribution in [0.25, 0.3) is 0 Å². The molecule has 0 radical (unpaired) electrons. The van der Waals surface area contributed by atoms with Crippen LogP contribution in [0.5, 0.6) is 0 Å². The van der Waals surface area contributed by atoms with Crippen molar-refractivity contribution in [2.75, 3.05) is 19.6 Å². The summed E-state index contributed by atoms with van der Waals surface area (Å²) in [6.07, 6.45) is 2.10. The van der Waals surface area contributed by atoms with Gasteiger partial charge in [-0.25, -0.2) is 8.42 Å². The molecule has 7 heteroatoms. The first kappa shape index (κ1) is 17.4. The molecule has 0 atom stereocenters. The number of rotatable bonds is 5. The molecule has 0 spiro atoms. The van der Waals surface area contributed by atoms with Crippen LogP contribution in [0.2, 0.25) is 0 Å². The average molecular weight is 395 g/mol. The lowest BCUT2D eigenvalue weighted by molar-refractivity contribution is 0.261. The van der Waals surface area contributed by atoms with E-state index in [1.807, 2.05) is 20.8 Å². The fourth-order valence-corrected chi connectivity index (χ4v) is 6.65. The van der Waals surface area contributed by atoms with Gasteiger partial charge in [0.05, 0.1) is 3.79 Å². The van der Waals surface area contributed by atoms with Crippen LogP contribution in [-0.4, -0.2) is 38.4 Å². The van der Waals surface area contributed by atoms with E-state index in [4.69, 9.17) is 0 Å². The first-order valence-corrected chi connectivity index (χ1v) is 10.4. The summed E-state index contributed by atoms with van der Waals surface area (Å²) < 4.78 is 28.8. The van der Waals surface area contributed by atoms with Gasteiger partial charge < -0.3 is 5.32 Å². The zero-order valence-electron chi connectivity index (χ0n) is 12.7. The van der Waals surface area contributed by atoms with E-state index in [-0.39, 0.29) is 6.04 Å². The summed E-state index contributed by atoms with van der Waals surface area (Å²) in [5.41, 5.74) is 0.976. The lowest BCUT2D eigenvalue weighted by Gasteiger charge is -2.31. The molecule has 0 saturated carbocycles. The predicted molar refractivity (Wildman–Crippen MR) is 91.4 cm³/mol. The Labute approximate surface area is 140 Å². The van der Waals surface area contributed by atoms with Gasteiger partial charge in [0, 0.05) is 12.6 Å². The summed E-state index contributed by atoms with van der Waals surface area (Å²) in [6.45, 7) is 8.42. The summed E-state index contributed by atoms with van der Waals surface area (Å²) in [6, 6.07) is 1.74. The van der Waals surface area contributed by atoms with Crippen molar-refractivity contribution in [3.63, 3.8) is 0 Å². The van der Waals surface area contributed by atoms with Crippen LogP contribution < -0.4 is 5.32 Å². The minimum absolute atomic E-state index is 0.0222. The summed E-state index contributed by atoms with van der Waals surface area (Å²) >= 11 is 4.72. The number of sulfonamides is 1. The molecule has 1 aromatic rings. The molecule has 1 aromatic heterocycles. The molecule has 2 rings (SSSR count). The zero-order chi connectivity index (χ0) is 15.6. The minimum Gasteiger partial charge on any atom is -0.317 e. The van der Waals surface area contributed by atoms with Crippen LogP contribution in [-0.2, 0) is 10.0 Å². The average Bonchev–Trinajstić information content (AvgIpc) is 2.77. The third kappa shape index (κ3) is 4.07. The fraction of sp³-hybridized carbons (Fsp3) is 0.714. The second kappa shape index (κ2) is 7.08. The molecule has 0 bridgehead atoms. The van der Waals surface area contributed by atoms with Gasteiger partial charge in [-0.05, 0) is 80.2 Å². The summed E-state index contributed by atoms with van der Waals surface area (Å²) in [5.74, 6) is 0.452. The molecule has 120 valence electrons. The van der Waals surface area contributed by atoms with Crippen molar-refractivity contribution in [3.05, 3.63) is 15.4 Å². The number of nitrogens with zero attached hydrogens (tertiary/aromatic N) is 1. The Bertz CT molecular complexity index is 558. The Kier molecular flexibility index (Phi) is 5.87. The van der Waals surface area contributed by atoms with Gasteiger partial charge in [0.25, 0.3) is 10.0 Å². The van der Waals surface area contributed by atoms with Crippen LogP contribution in [0.1, 0.15) is 32.3 Å². The maximum atomic E-state index is 12.9. The highest BCUT2D eigenvalue weighted by Crippen LogP contribution is 2.33. The van der Waals surface area contributed by atoms with Gasteiger partial charge in [-0.3, -0.25) is 0 Å². The Hall–Kier alpha value is 0.0500. The lowest BCUT2D eigenvalue weighted by atomic mass is 9.98. The van der Waals surface area contributed by atoms with E-state index in [1.165, 1.54) is 11.3 Å². The number of thiophene rings is 1. The van der Waals surface area contributed by atoms with Crippen molar-refractivity contribution in [3.8, 4) is 0 Å². The van der Waals surface area contributed by atoms with E-state index in [0.717, 1.165) is 35.3 Å². The van der Waals surface area contributed by atoms with E-state index in [0.29, 0.717) is 16.7 Å². The van der Waals surface area contributed by atoms with E-state index < -0.39 is 10.0 Å². The Morgan fingerprint density at radius 3 is 2.52 bits per heavy atom. The van der Waals surface area contributed by atoms with Crippen LogP contribution in [0.15, 0.2) is 14.1 Å². The van der Waals surface area contributed by atoms with E-state index in [9.17, 15) is 8.42 Å². The van der Waals surface area contributed by atoms with Gasteiger partial charge in [0.15, 0.2) is 0 Å². The van der Waals surface area contributed by atoms with Crippen molar-refractivity contribution in [2.24, 2.45) is 5.92 Å². The van der Waals surface area contributed by atoms with Crippen molar-refractivity contribution >= 4 is 37.3 Å². The van der Waals surface area contributed by atoms with Gasteiger partial charge in [-0.1, -0.05) is 0 Å². The molecule has 1 aliphatic heterocycles. The molecule has 1 aliphatic rings. The van der Waals surface area contributed by atoms with Crippen LogP contribution >= 0.6 is 27.3 Å². The monoisotopic (exact) mass is 394 g/mol. The second-order valence-corrected chi connectivity index (χ2v) is 10.4. The number of piperidine rings is 1. The fourth-order valence-electron chi connectivity index (χ4n) is 2.58. The molecule has 1 saturated heterocycles. The summed E-state index contributed by atoms with van der Waals surface area (Å²) in [5, 5.41) is 3.33. The van der Waals surface area contributed by atoms with E-state index in [2.05, 4.69) is 21.2 Å². The first-order valence-electron chi connectivity index (χ1n) is 7.31. The Balaban J connectivity index is 2.23. The van der Waals surface area contributed by atoms with Gasteiger partial charge in [0.1, 0.15) is 4.21 Å². The van der Waals surface area contributed by atoms with Crippen molar-refractivity contribution in [1.82, 2.24) is 9.62 Å². The number of hydrogen-bond donors (Lipinski definition) is 1. The number of halogens is 1. The smallest absolute Gasteiger partial charge is 0.252 e. The molecule has 1 N–H and O–H groups in total. The van der Waals surface area contributed by atoms with Gasteiger partial charge in [0.2, 0.25) is 0 Å². The molecule has 0 amide bonds. The maximum absolute atomic E-state index is 12.9. The summed E-state index contributed by atoms with van der Waals surface area (Å²) in [7, 11) is -3.40. The van der Waals surface area contributed by atoms with Crippen molar-refractivity contribution in [1.29, 1.82) is 0 Å². The second-order valence-electron chi connectivity index (χ2n) is 5.88. The molecule has 21 heavy (non-hydrogen) atoms. The van der Waals surface area contributed by atoms with Crippen molar-refractivity contribution < 1.29 is 8.42 Å². The van der Waals surface area contributed by atoms with Crippen LogP contribution in [0.4, 0.5) is 0 Å². The molecular weight excluding hydrogens is 372 g/mol. The van der Waals surface area contributed by atoms with Crippen LogP contribution in [0, 0.1) is 12.8 Å².